The third kappa shape index (κ3) is 4.27. The summed E-state index contributed by atoms with van der Waals surface area (Å²) in [5.41, 5.74) is 7.70. The highest BCUT2D eigenvalue weighted by Crippen LogP contribution is 2.22. The fourth-order valence-corrected chi connectivity index (χ4v) is 2.73. The quantitative estimate of drug-likeness (QED) is 0.504. The van der Waals surface area contributed by atoms with Gasteiger partial charge in [0.15, 0.2) is 0 Å². The van der Waals surface area contributed by atoms with E-state index in [0.29, 0.717) is 0 Å². The molecule has 0 saturated carbocycles. The number of rotatable bonds is 6. The lowest BCUT2D eigenvalue weighted by Crippen LogP contribution is -2.49. The van der Waals surface area contributed by atoms with Crippen LogP contribution in [0.25, 0.3) is 16.9 Å². The molecule has 2 aromatic carbocycles. The lowest BCUT2D eigenvalue weighted by molar-refractivity contribution is -0.175. The highest BCUT2D eigenvalue weighted by Gasteiger charge is 2.32. The number of hydrogen-bond acceptors (Lipinski definition) is 5. The van der Waals surface area contributed by atoms with E-state index in [-0.39, 0.29) is 6.42 Å². The van der Waals surface area contributed by atoms with Gasteiger partial charge in [-0.1, -0.05) is 30.3 Å². The van der Waals surface area contributed by atoms with Crippen LogP contribution < -0.4 is 5.73 Å². The number of benzene rings is 2. The first-order valence-corrected chi connectivity index (χ1v) is 8.71. The van der Waals surface area contributed by atoms with Gasteiger partial charge >= 0.3 is 11.9 Å². The van der Waals surface area contributed by atoms with Crippen molar-refractivity contribution in [3.05, 3.63) is 71.9 Å². The molecule has 0 bridgehead atoms. The molecule has 7 nitrogen and oxygen atoms in total. The van der Waals surface area contributed by atoms with Crippen LogP contribution >= 0.6 is 0 Å². The number of ether oxygens (including phenoxy) is 1. The Morgan fingerprint density at radius 3 is 2.54 bits per heavy atom. The van der Waals surface area contributed by atoms with Crippen LogP contribution in [0.4, 0.5) is 0 Å². The maximum atomic E-state index is 12.0. The van der Waals surface area contributed by atoms with Gasteiger partial charge in [-0.15, -0.1) is 0 Å². The van der Waals surface area contributed by atoms with E-state index in [9.17, 15) is 9.59 Å². The number of carbonyl (C=O) groups excluding carboxylic acids is 1. The average molecular weight is 379 g/mol. The molecule has 0 radical (unpaired) electrons. The Balaban J connectivity index is 1.75. The Morgan fingerprint density at radius 2 is 1.89 bits per heavy atom. The van der Waals surface area contributed by atoms with Gasteiger partial charge in [-0.05, 0) is 42.3 Å². The van der Waals surface area contributed by atoms with Crippen LogP contribution in [0.1, 0.15) is 18.1 Å². The smallest absolute Gasteiger partial charge is 0.363 e. The van der Waals surface area contributed by atoms with Crippen molar-refractivity contribution in [1.82, 2.24) is 9.78 Å². The van der Waals surface area contributed by atoms with Crippen LogP contribution in [0.2, 0.25) is 0 Å². The van der Waals surface area contributed by atoms with E-state index in [1.807, 2.05) is 67.7 Å². The van der Waals surface area contributed by atoms with Gasteiger partial charge in [0.2, 0.25) is 0 Å². The van der Waals surface area contributed by atoms with E-state index in [4.69, 9.17) is 15.6 Å². The summed E-state index contributed by atoms with van der Waals surface area (Å²) >= 11 is 0. The van der Waals surface area contributed by atoms with E-state index >= 15 is 0 Å². The molecule has 1 atom stereocenters. The van der Waals surface area contributed by atoms with Gasteiger partial charge in [-0.3, -0.25) is 10.5 Å². The van der Waals surface area contributed by atoms with E-state index in [0.717, 1.165) is 35.0 Å². The van der Waals surface area contributed by atoms with Crippen molar-refractivity contribution >= 4 is 11.9 Å². The molecule has 0 spiro atoms. The second-order valence-corrected chi connectivity index (χ2v) is 6.69. The molecule has 0 fully saturated rings. The number of carbonyl (C=O) groups is 2. The summed E-state index contributed by atoms with van der Waals surface area (Å²) < 4.78 is 6.64. The Labute approximate surface area is 162 Å². The lowest BCUT2D eigenvalue weighted by atomic mass is 10.0. The predicted molar refractivity (Wildman–Crippen MR) is 104 cm³/mol. The average Bonchev–Trinajstić information content (AvgIpc) is 3.14. The highest BCUT2D eigenvalue weighted by atomic mass is 16.6. The molecule has 0 saturated heterocycles. The Kier molecular flexibility index (Phi) is 5.28. The lowest BCUT2D eigenvalue weighted by Gasteiger charge is -2.20. The summed E-state index contributed by atoms with van der Waals surface area (Å²) in [5.74, 6) is -2.10. The van der Waals surface area contributed by atoms with Gasteiger partial charge in [0.25, 0.3) is 5.72 Å². The summed E-state index contributed by atoms with van der Waals surface area (Å²) in [6.45, 7) is 3.01. The number of carboxylic acid groups (broad SMARTS) is 1. The molecule has 0 aliphatic carbocycles. The molecule has 28 heavy (non-hydrogen) atoms. The molecule has 1 unspecified atom stereocenters. The van der Waals surface area contributed by atoms with E-state index in [1.165, 1.54) is 0 Å². The van der Waals surface area contributed by atoms with Crippen LogP contribution in [0.3, 0.4) is 0 Å². The summed E-state index contributed by atoms with van der Waals surface area (Å²) in [5, 5.41) is 13.5. The zero-order chi connectivity index (χ0) is 20.3. The Morgan fingerprint density at radius 1 is 1.18 bits per heavy atom. The van der Waals surface area contributed by atoms with Crippen LogP contribution in [-0.4, -0.2) is 32.6 Å². The number of aliphatic carboxylic acids is 1. The Bertz CT molecular complexity index is 1010. The van der Waals surface area contributed by atoms with Crippen LogP contribution in [0.5, 0.6) is 0 Å². The maximum absolute atomic E-state index is 12.0. The highest BCUT2D eigenvalue weighted by molar-refractivity contribution is 5.82. The molecule has 3 aromatic rings. The minimum Gasteiger partial charge on any atom is -0.477 e. The largest absolute Gasteiger partial charge is 0.477 e. The first-order chi connectivity index (χ1) is 13.3. The van der Waals surface area contributed by atoms with E-state index in [2.05, 4.69) is 5.10 Å². The number of hydrogen-bond donors (Lipinski definition) is 2. The van der Waals surface area contributed by atoms with Crippen molar-refractivity contribution in [2.45, 2.75) is 26.0 Å². The number of nitrogens with zero attached hydrogens (tertiary/aromatic N) is 2. The standard InChI is InChI=1S/C21H21N3O4/c1-14-12-16(18-10-11-24(23-18)17-6-4-3-5-7-17)9-8-15(14)13-19(25)28-21(2,22)20(26)27/h3-12H,13,22H2,1-2H3,(H,26,27). The first kappa shape index (κ1) is 19.3. The van der Waals surface area contributed by atoms with Crippen LogP contribution in [0.15, 0.2) is 60.8 Å². The van der Waals surface area contributed by atoms with Crippen molar-refractivity contribution in [2.24, 2.45) is 5.73 Å². The number of carboxylic acids is 1. The number of nitrogens with two attached hydrogens (primary N) is 1. The Hall–Kier alpha value is -3.45. The summed E-state index contributed by atoms with van der Waals surface area (Å²) in [4.78, 5) is 23.0. The van der Waals surface area contributed by atoms with Gasteiger partial charge in [0.05, 0.1) is 17.8 Å². The zero-order valence-electron chi connectivity index (χ0n) is 15.6. The van der Waals surface area contributed by atoms with Crippen molar-refractivity contribution in [1.29, 1.82) is 0 Å². The van der Waals surface area contributed by atoms with Crippen LogP contribution in [0, 0.1) is 6.92 Å². The molecule has 0 amide bonds. The third-order valence-electron chi connectivity index (χ3n) is 4.33. The molecule has 0 aliphatic heterocycles. The zero-order valence-corrected chi connectivity index (χ0v) is 15.6. The number of aromatic nitrogens is 2. The first-order valence-electron chi connectivity index (χ1n) is 8.71. The number of esters is 1. The van der Waals surface area contributed by atoms with Gasteiger partial charge < -0.3 is 9.84 Å². The molecule has 3 rings (SSSR count). The van der Waals surface area contributed by atoms with Gasteiger partial charge in [0.1, 0.15) is 0 Å². The monoisotopic (exact) mass is 379 g/mol. The van der Waals surface area contributed by atoms with Crippen molar-refractivity contribution < 1.29 is 19.4 Å². The SMILES string of the molecule is Cc1cc(-c2ccn(-c3ccccc3)n2)ccc1CC(=O)OC(C)(N)C(=O)O. The van der Waals surface area contributed by atoms with Gasteiger partial charge in [0, 0.05) is 18.7 Å². The predicted octanol–water partition coefficient (Wildman–Crippen LogP) is 2.69. The minimum absolute atomic E-state index is 0.0648. The molecule has 0 aliphatic rings. The normalized spacial score (nSPS) is 13.0. The molecule has 1 heterocycles. The maximum Gasteiger partial charge on any atom is 0.363 e. The molecule has 1 aromatic heterocycles. The van der Waals surface area contributed by atoms with Gasteiger partial charge in [-0.2, -0.15) is 5.10 Å². The van der Waals surface area contributed by atoms with Gasteiger partial charge in [-0.25, -0.2) is 9.48 Å². The second-order valence-electron chi connectivity index (χ2n) is 6.69. The third-order valence-corrected chi connectivity index (χ3v) is 4.33. The van der Waals surface area contributed by atoms with Crippen molar-refractivity contribution in [3.8, 4) is 16.9 Å². The number of para-hydroxylation sites is 1. The van der Waals surface area contributed by atoms with Crippen molar-refractivity contribution in [2.75, 3.05) is 0 Å². The summed E-state index contributed by atoms with van der Waals surface area (Å²) in [6, 6.07) is 17.3. The summed E-state index contributed by atoms with van der Waals surface area (Å²) in [7, 11) is 0. The van der Waals surface area contributed by atoms with E-state index < -0.39 is 17.7 Å². The molecule has 3 N–H and O–H groups in total. The van der Waals surface area contributed by atoms with Crippen molar-refractivity contribution in [3.63, 3.8) is 0 Å². The van der Waals surface area contributed by atoms with E-state index in [1.54, 1.807) is 4.68 Å². The molecule has 7 heteroatoms. The molecular formula is C21H21N3O4. The fourth-order valence-electron chi connectivity index (χ4n) is 2.73. The molecular weight excluding hydrogens is 358 g/mol. The van der Waals surface area contributed by atoms with Crippen LogP contribution in [-0.2, 0) is 20.7 Å². The second kappa shape index (κ2) is 7.66. The minimum atomic E-state index is -2.05. The fraction of sp³-hybridized carbons (Fsp3) is 0.190. The summed E-state index contributed by atoms with van der Waals surface area (Å²) in [6.07, 6.45) is 1.82. The number of aryl methyl sites for hydroxylation is 1. The molecule has 144 valence electrons. The topological polar surface area (TPSA) is 107 Å².